The minimum atomic E-state index is -4.63. The second-order valence-electron chi connectivity index (χ2n) is 16.1. The number of carbonyl (C=O) groups excluding carboxylic acids is 2. The minimum Gasteiger partial charge on any atom is -0.756 e. The van der Waals surface area contributed by atoms with Gasteiger partial charge >= 0.3 is 11.9 Å². The molecule has 0 saturated heterocycles. The Morgan fingerprint density at radius 2 is 1.02 bits per heavy atom. The number of esters is 2. The first-order valence-electron chi connectivity index (χ1n) is 22.4. The lowest BCUT2D eigenvalue weighted by Gasteiger charge is -2.28. The smallest absolute Gasteiger partial charge is 0.306 e. The Bertz CT molecular complexity index is 1100. The molecule has 9 nitrogen and oxygen atoms in total. The van der Waals surface area contributed by atoms with Crippen molar-refractivity contribution in [3.8, 4) is 0 Å². The fraction of sp³-hybridized carbons (Fsp3) is 0.783. The molecule has 0 saturated carbocycles. The molecule has 0 aliphatic heterocycles. The number of phosphoric ester groups is 1. The molecule has 0 aromatic heterocycles. The molecule has 0 rings (SSSR count). The molecule has 0 fully saturated rings. The van der Waals surface area contributed by atoms with Gasteiger partial charge in [-0.3, -0.25) is 14.2 Å². The molecule has 326 valence electrons. The highest BCUT2D eigenvalue weighted by atomic mass is 31.2. The molecule has 0 aliphatic carbocycles. The lowest BCUT2D eigenvalue weighted by molar-refractivity contribution is -0.870. The van der Waals surface area contributed by atoms with Gasteiger partial charge in [0.25, 0.3) is 7.82 Å². The SMILES string of the molecule is CCCCC/C=C/C/C=C/CCCCCCCCCC(=O)O[C@H](COC(=O)CCCCCCC/C=C/C=C/CCCCCC)COP(=O)([O-])OCC[N+](C)(C)C. The van der Waals surface area contributed by atoms with Gasteiger partial charge in [0, 0.05) is 12.8 Å². The van der Waals surface area contributed by atoms with Crippen LogP contribution in [-0.4, -0.2) is 70.0 Å². The fourth-order valence-corrected chi connectivity index (χ4v) is 6.52. The van der Waals surface area contributed by atoms with Crippen LogP contribution in [0.1, 0.15) is 181 Å². The van der Waals surface area contributed by atoms with Crippen LogP contribution < -0.4 is 4.89 Å². The van der Waals surface area contributed by atoms with Crippen molar-refractivity contribution in [3.63, 3.8) is 0 Å². The lowest BCUT2D eigenvalue weighted by atomic mass is 10.1. The standard InChI is InChI=1S/C46H84NO8P/c1-6-8-10-12-14-16-18-20-22-23-25-27-29-31-33-35-37-39-46(49)55-44(43-54-56(50,51)53-41-40-47(3,4)5)42-52-45(48)38-36-34-32-30-28-26-24-21-19-17-15-13-11-9-7-2/h14,16-17,19-22,24,44H,6-13,15,18,23,25-43H2,1-5H3/b16-14+,19-17+,22-20+,24-21+/t44-/m1/s1. The molecular formula is C46H84NO8P. The summed E-state index contributed by atoms with van der Waals surface area (Å²) in [6, 6.07) is 0. The first-order valence-corrected chi connectivity index (χ1v) is 23.8. The van der Waals surface area contributed by atoms with Crippen molar-refractivity contribution in [2.24, 2.45) is 0 Å². The average molecular weight is 810 g/mol. The van der Waals surface area contributed by atoms with Gasteiger partial charge in [-0.05, 0) is 70.6 Å². The molecule has 0 bridgehead atoms. The van der Waals surface area contributed by atoms with E-state index in [4.69, 9.17) is 18.5 Å². The largest absolute Gasteiger partial charge is 0.756 e. The van der Waals surface area contributed by atoms with Gasteiger partial charge in [-0.25, -0.2) is 0 Å². The lowest BCUT2D eigenvalue weighted by Crippen LogP contribution is -2.37. The zero-order valence-corrected chi connectivity index (χ0v) is 37.5. The minimum absolute atomic E-state index is 0.0365. The first-order chi connectivity index (χ1) is 27.0. The van der Waals surface area contributed by atoms with Crippen LogP contribution in [0.2, 0.25) is 0 Å². The van der Waals surface area contributed by atoms with E-state index in [1.165, 1.54) is 70.6 Å². The zero-order valence-electron chi connectivity index (χ0n) is 36.6. The molecule has 0 heterocycles. The Hall–Kier alpha value is -2.03. The summed E-state index contributed by atoms with van der Waals surface area (Å²) in [5, 5.41) is 0. The van der Waals surface area contributed by atoms with Gasteiger partial charge < -0.3 is 27.9 Å². The van der Waals surface area contributed by atoms with Crippen molar-refractivity contribution in [3.05, 3.63) is 48.6 Å². The molecule has 0 N–H and O–H groups in total. The second-order valence-corrected chi connectivity index (χ2v) is 17.5. The highest BCUT2D eigenvalue weighted by Crippen LogP contribution is 2.38. The van der Waals surface area contributed by atoms with Crippen LogP contribution in [0.5, 0.6) is 0 Å². The number of ether oxygens (including phenoxy) is 2. The Morgan fingerprint density at radius 3 is 1.55 bits per heavy atom. The van der Waals surface area contributed by atoms with Crippen LogP contribution in [0.25, 0.3) is 0 Å². The summed E-state index contributed by atoms with van der Waals surface area (Å²) < 4.78 is 33.9. The normalized spacial score (nSPS) is 14.0. The van der Waals surface area contributed by atoms with Crippen LogP contribution in [0.15, 0.2) is 48.6 Å². The Labute approximate surface area is 343 Å². The van der Waals surface area contributed by atoms with Crippen molar-refractivity contribution < 1.29 is 42.1 Å². The number of hydrogen-bond acceptors (Lipinski definition) is 8. The number of unbranched alkanes of at least 4 members (excludes halogenated alkanes) is 19. The van der Waals surface area contributed by atoms with E-state index in [1.807, 2.05) is 21.1 Å². The van der Waals surface area contributed by atoms with Crippen molar-refractivity contribution in [2.45, 2.75) is 187 Å². The Morgan fingerprint density at radius 1 is 0.571 bits per heavy atom. The molecule has 56 heavy (non-hydrogen) atoms. The van der Waals surface area contributed by atoms with Crippen molar-refractivity contribution in [2.75, 3.05) is 47.5 Å². The summed E-state index contributed by atoms with van der Waals surface area (Å²) in [6.45, 7) is 4.15. The van der Waals surface area contributed by atoms with Gasteiger partial charge in [0.15, 0.2) is 6.10 Å². The van der Waals surface area contributed by atoms with Crippen LogP contribution in [0.4, 0.5) is 0 Å². The van der Waals surface area contributed by atoms with Gasteiger partial charge in [0.05, 0.1) is 27.7 Å². The van der Waals surface area contributed by atoms with Crippen molar-refractivity contribution >= 4 is 19.8 Å². The summed E-state index contributed by atoms with van der Waals surface area (Å²) >= 11 is 0. The van der Waals surface area contributed by atoms with E-state index in [2.05, 4.69) is 62.5 Å². The Kier molecular flexibility index (Phi) is 37.1. The summed E-state index contributed by atoms with van der Waals surface area (Å²) in [5.41, 5.74) is 0. The zero-order chi connectivity index (χ0) is 41.4. The number of nitrogens with zero attached hydrogens (tertiary/aromatic N) is 1. The van der Waals surface area contributed by atoms with Gasteiger partial charge in [-0.1, -0.05) is 146 Å². The third-order valence-corrected chi connectivity index (χ3v) is 10.3. The summed E-state index contributed by atoms with van der Waals surface area (Å²) in [5.74, 6) is -0.862. The molecule has 1 unspecified atom stereocenters. The van der Waals surface area contributed by atoms with Crippen molar-refractivity contribution in [1.29, 1.82) is 0 Å². The quantitative estimate of drug-likeness (QED) is 0.0150. The summed E-state index contributed by atoms with van der Waals surface area (Å²) in [7, 11) is 1.15. The van der Waals surface area contributed by atoms with Crippen LogP contribution in [0, 0.1) is 0 Å². The molecule has 0 spiro atoms. The third-order valence-electron chi connectivity index (χ3n) is 9.35. The Balaban J connectivity index is 4.40. The third kappa shape index (κ3) is 41.6. The molecule has 0 amide bonds. The number of rotatable bonds is 40. The van der Waals surface area contributed by atoms with Crippen molar-refractivity contribution in [1.82, 2.24) is 0 Å². The molecule has 0 aliphatic rings. The van der Waals surface area contributed by atoms with Crippen LogP contribution in [0.3, 0.4) is 0 Å². The molecule has 0 aromatic rings. The van der Waals surface area contributed by atoms with E-state index in [-0.39, 0.29) is 26.1 Å². The number of quaternary nitrogens is 1. The van der Waals surface area contributed by atoms with E-state index in [0.29, 0.717) is 23.9 Å². The van der Waals surface area contributed by atoms with E-state index in [9.17, 15) is 19.0 Å². The maximum atomic E-state index is 12.7. The molecule has 0 radical (unpaired) electrons. The monoisotopic (exact) mass is 810 g/mol. The van der Waals surface area contributed by atoms with Crippen LogP contribution in [-0.2, 0) is 32.7 Å². The predicted molar refractivity (Wildman–Crippen MR) is 231 cm³/mol. The van der Waals surface area contributed by atoms with E-state index >= 15 is 0 Å². The summed E-state index contributed by atoms with van der Waals surface area (Å²) in [4.78, 5) is 37.5. The molecular weight excluding hydrogens is 725 g/mol. The van der Waals surface area contributed by atoms with Gasteiger partial charge in [-0.2, -0.15) is 0 Å². The predicted octanol–water partition coefficient (Wildman–Crippen LogP) is 12.1. The fourth-order valence-electron chi connectivity index (χ4n) is 5.79. The topological polar surface area (TPSA) is 111 Å². The maximum Gasteiger partial charge on any atom is 0.306 e. The van der Waals surface area contributed by atoms with Gasteiger partial charge in [0.2, 0.25) is 0 Å². The number of allylic oxidation sites excluding steroid dienone is 8. The average Bonchev–Trinajstić information content (AvgIpc) is 3.15. The number of likely N-dealkylation sites (N-methyl/N-ethyl adjacent to an activating group) is 1. The van der Waals surface area contributed by atoms with Gasteiger partial charge in [-0.15, -0.1) is 0 Å². The molecule has 10 heteroatoms. The van der Waals surface area contributed by atoms with E-state index in [1.54, 1.807) is 0 Å². The molecule has 0 aromatic carbocycles. The number of carbonyl (C=O) groups is 2. The highest BCUT2D eigenvalue weighted by molar-refractivity contribution is 7.45. The molecule has 2 atom stereocenters. The maximum absolute atomic E-state index is 12.7. The second kappa shape index (κ2) is 38.5. The highest BCUT2D eigenvalue weighted by Gasteiger charge is 2.21. The first kappa shape index (κ1) is 54.0. The van der Waals surface area contributed by atoms with E-state index in [0.717, 1.165) is 70.6 Å². The van der Waals surface area contributed by atoms with E-state index < -0.39 is 32.5 Å². The number of phosphoric acid groups is 1. The van der Waals surface area contributed by atoms with Crippen LogP contribution >= 0.6 is 7.82 Å². The summed E-state index contributed by atoms with van der Waals surface area (Å²) in [6.07, 6.45) is 44.1. The van der Waals surface area contributed by atoms with Gasteiger partial charge in [0.1, 0.15) is 19.8 Å². The number of hydrogen-bond donors (Lipinski definition) is 0.